The van der Waals surface area contributed by atoms with E-state index in [2.05, 4.69) is 29.0 Å². The van der Waals surface area contributed by atoms with Crippen molar-refractivity contribution in [3.05, 3.63) is 48.2 Å². The number of aromatic amines is 1. The molecule has 0 saturated heterocycles. The summed E-state index contributed by atoms with van der Waals surface area (Å²) < 4.78 is 18.0. The van der Waals surface area contributed by atoms with Gasteiger partial charge in [0.05, 0.1) is 0 Å². The van der Waals surface area contributed by atoms with Crippen LogP contribution in [0.5, 0.6) is 0 Å². The van der Waals surface area contributed by atoms with Crippen molar-refractivity contribution in [1.82, 2.24) is 15.2 Å². The largest absolute Gasteiger partial charge is 0.460 e. The maximum absolute atomic E-state index is 6.05. The molecule has 1 N–H and O–H groups in total. The molecule has 0 bridgehead atoms. The van der Waals surface area contributed by atoms with Gasteiger partial charge in [0.2, 0.25) is 0 Å². The number of para-hydroxylation sites is 1. The van der Waals surface area contributed by atoms with E-state index in [0.29, 0.717) is 19.0 Å². The van der Waals surface area contributed by atoms with E-state index in [1.54, 1.807) is 0 Å². The quantitative estimate of drug-likeness (QED) is 0.603. The van der Waals surface area contributed by atoms with E-state index in [1.807, 2.05) is 30.3 Å². The van der Waals surface area contributed by atoms with Crippen molar-refractivity contribution in [3.8, 4) is 0 Å². The van der Waals surface area contributed by atoms with Crippen molar-refractivity contribution in [2.24, 2.45) is 0 Å². The fraction of sp³-hybridized carbons (Fsp3) is 0.444. The molecule has 128 valence electrons. The number of ether oxygens (including phenoxy) is 2. The van der Waals surface area contributed by atoms with Crippen LogP contribution in [-0.4, -0.2) is 34.7 Å². The van der Waals surface area contributed by atoms with Gasteiger partial charge in [0.15, 0.2) is 6.29 Å². The Morgan fingerprint density at radius 1 is 1.12 bits per heavy atom. The molecule has 2 aromatic heterocycles. The molecular formula is C18H23N3O3. The molecule has 0 aliphatic heterocycles. The summed E-state index contributed by atoms with van der Waals surface area (Å²) in [6, 6.07) is 9.93. The van der Waals surface area contributed by atoms with Crippen LogP contribution in [0.25, 0.3) is 11.0 Å². The predicted octanol–water partition coefficient (Wildman–Crippen LogP) is 3.86. The van der Waals surface area contributed by atoms with Crippen LogP contribution in [0.4, 0.5) is 0 Å². The van der Waals surface area contributed by atoms with Gasteiger partial charge in [-0.3, -0.25) is 5.10 Å². The van der Waals surface area contributed by atoms with Crippen molar-refractivity contribution in [3.63, 3.8) is 0 Å². The Morgan fingerprint density at radius 3 is 2.50 bits per heavy atom. The fourth-order valence-electron chi connectivity index (χ4n) is 2.63. The molecule has 6 heteroatoms. The third-order valence-electron chi connectivity index (χ3n) is 3.72. The molecule has 0 aliphatic carbocycles. The van der Waals surface area contributed by atoms with E-state index < -0.39 is 6.29 Å². The van der Waals surface area contributed by atoms with Gasteiger partial charge in [-0.1, -0.05) is 32.0 Å². The normalized spacial score (nSPS) is 13.0. The summed E-state index contributed by atoms with van der Waals surface area (Å²) in [7, 11) is 0. The Labute approximate surface area is 141 Å². The highest BCUT2D eigenvalue weighted by Gasteiger charge is 2.32. The van der Waals surface area contributed by atoms with Crippen molar-refractivity contribution < 1.29 is 13.9 Å². The lowest BCUT2D eigenvalue weighted by molar-refractivity contribution is -0.153. The van der Waals surface area contributed by atoms with E-state index in [4.69, 9.17) is 13.9 Å². The molecule has 0 amide bonds. The van der Waals surface area contributed by atoms with Crippen LogP contribution >= 0.6 is 0 Å². The predicted molar refractivity (Wildman–Crippen MR) is 90.7 cm³/mol. The number of nitrogens with one attached hydrogen (secondary N) is 1. The van der Waals surface area contributed by atoms with Crippen LogP contribution in [0, 0.1) is 0 Å². The average molecular weight is 329 g/mol. The number of H-pyrrole nitrogens is 1. The lowest BCUT2D eigenvalue weighted by atomic mass is 10.0. The molecule has 2 heterocycles. The molecule has 3 aromatic rings. The molecule has 0 spiro atoms. The molecule has 24 heavy (non-hydrogen) atoms. The van der Waals surface area contributed by atoms with Crippen LogP contribution in [-0.2, 0) is 9.47 Å². The first-order valence-corrected chi connectivity index (χ1v) is 8.40. The molecule has 1 aromatic carbocycles. The zero-order valence-corrected chi connectivity index (χ0v) is 14.1. The van der Waals surface area contributed by atoms with Gasteiger partial charge in [-0.05, 0) is 25.0 Å². The van der Waals surface area contributed by atoms with Gasteiger partial charge in [0.25, 0.3) is 0 Å². The van der Waals surface area contributed by atoms with Gasteiger partial charge in [-0.2, -0.15) is 5.10 Å². The minimum Gasteiger partial charge on any atom is -0.460 e. The zero-order chi connectivity index (χ0) is 16.8. The Balaban J connectivity index is 1.97. The number of furan rings is 1. The second-order valence-electron chi connectivity index (χ2n) is 5.64. The first kappa shape index (κ1) is 16.7. The molecule has 0 fully saturated rings. The summed E-state index contributed by atoms with van der Waals surface area (Å²) in [6.45, 7) is 5.36. The topological polar surface area (TPSA) is 73.2 Å². The summed E-state index contributed by atoms with van der Waals surface area (Å²) >= 11 is 0. The van der Waals surface area contributed by atoms with Gasteiger partial charge in [0, 0.05) is 18.6 Å². The number of benzene rings is 1. The van der Waals surface area contributed by atoms with E-state index in [-0.39, 0.29) is 5.92 Å². The lowest BCUT2D eigenvalue weighted by Crippen LogP contribution is -2.28. The van der Waals surface area contributed by atoms with Gasteiger partial charge in [-0.15, -0.1) is 0 Å². The second-order valence-corrected chi connectivity index (χ2v) is 5.64. The maximum Gasteiger partial charge on any atom is 0.174 e. The van der Waals surface area contributed by atoms with Crippen LogP contribution in [0.3, 0.4) is 0 Å². The monoisotopic (exact) mass is 329 g/mol. The number of fused-ring (bicyclic) bond motifs is 1. The number of hydrogen-bond acceptors (Lipinski definition) is 5. The number of hydrogen-bond donors (Lipinski definition) is 1. The Bertz CT molecular complexity index is 698. The summed E-state index contributed by atoms with van der Waals surface area (Å²) in [6.07, 6.45) is 2.84. The van der Waals surface area contributed by atoms with Crippen LogP contribution < -0.4 is 0 Å². The van der Waals surface area contributed by atoms with Crippen LogP contribution in [0.15, 0.2) is 41.1 Å². The fourth-order valence-corrected chi connectivity index (χ4v) is 2.63. The van der Waals surface area contributed by atoms with Crippen molar-refractivity contribution in [2.45, 2.75) is 38.9 Å². The minimum absolute atomic E-state index is 0.294. The lowest BCUT2D eigenvalue weighted by Gasteiger charge is -2.24. The standard InChI is InChI=1S/C18H23N3O3/c1-3-9-22-18(23-10-4-2)16(17-19-12-20-21-17)15-11-13-7-5-6-8-14(13)24-15/h5-8,11-12,16,18H,3-4,9-10H2,1-2H3,(H,19,20,21). The average Bonchev–Trinajstić information content (AvgIpc) is 3.26. The minimum atomic E-state index is -0.474. The zero-order valence-electron chi connectivity index (χ0n) is 14.1. The Morgan fingerprint density at radius 2 is 1.88 bits per heavy atom. The van der Waals surface area contributed by atoms with Crippen molar-refractivity contribution >= 4 is 11.0 Å². The number of nitrogens with zero attached hydrogens (tertiary/aromatic N) is 2. The third-order valence-corrected chi connectivity index (χ3v) is 3.72. The molecular weight excluding hydrogens is 306 g/mol. The smallest absolute Gasteiger partial charge is 0.174 e. The first-order valence-electron chi connectivity index (χ1n) is 8.40. The highest BCUT2D eigenvalue weighted by molar-refractivity contribution is 5.77. The van der Waals surface area contributed by atoms with Gasteiger partial charge in [-0.25, -0.2) is 4.98 Å². The Kier molecular flexibility index (Phi) is 5.61. The van der Waals surface area contributed by atoms with Gasteiger partial charge < -0.3 is 13.9 Å². The van der Waals surface area contributed by atoms with E-state index >= 15 is 0 Å². The van der Waals surface area contributed by atoms with E-state index in [0.717, 1.165) is 29.6 Å². The van der Waals surface area contributed by atoms with E-state index in [1.165, 1.54) is 6.33 Å². The SMILES string of the molecule is CCCOC(OCCC)C(c1ncn[nH]1)c1cc2ccccc2o1. The van der Waals surface area contributed by atoms with Crippen LogP contribution in [0.2, 0.25) is 0 Å². The maximum atomic E-state index is 6.05. The highest BCUT2D eigenvalue weighted by Crippen LogP contribution is 2.32. The second kappa shape index (κ2) is 8.08. The van der Waals surface area contributed by atoms with Gasteiger partial charge >= 0.3 is 0 Å². The summed E-state index contributed by atoms with van der Waals surface area (Å²) in [4.78, 5) is 4.31. The Hall–Kier alpha value is -2.18. The molecule has 0 radical (unpaired) electrons. The summed E-state index contributed by atoms with van der Waals surface area (Å²) in [5.74, 6) is 1.13. The summed E-state index contributed by atoms with van der Waals surface area (Å²) in [5.41, 5.74) is 0.835. The number of aromatic nitrogens is 3. The molecule has 0 aliphatic rings. The summed E-state index contributed by atoms with van der Waals surface area (Å²) in [5, 5.41) is 7.95. The van der Waals surface area contributed by atoms with Crippen LogP contribution in [0.1, 0.15) is 44.2 Å². The van der Waals surface area contributed by atoms with Crippen molar-refractivity contribution in [1.29, 1.82) is 0 Å². The molecule has 0 saturated carbocycles. The molecule has 3 rings (SSSR count). The van der Waals surface area contributed by atoms with E-state index in [9.17, 15) is 0 Å². The first-order chi connectivity index (χ1) is 11.8. The molecule has 1 atom stereocenters. The highest BCUT2D eigenvalue weighted by atomic mass is 16.7. The number of rotatable bonds is 9. The molecule has 1 unspecified atom stereocenters. The van der Waals surface area contributed by atoms with Gasteiger partial charge in [0.1, 0.15) is 29.4 Å². The van der Waals surface area contributed by atoms with Crippen molar-refractivity contribution in [2.75, 3.05) is 13.2 Å². The third kappa shape index (κ3) is 3.66. The molecule has 6 nitrogen and oxygen atoms in total.